The van der Waals surface area contributed by atoms with Gasteiger partial charge in [0.2, 0.25) is 0 Å². The summed E-state index contributed by atoms with van der Waals surface area (Å²) in [6, 6.07) is 8.77. The van der Waals surface area contributed by atoms with Crippen LogP contribution in [-0.2, 0) is 0 Å². The lowest BCUT2D eigenvalue weighted by atomic mass is 10.2. The van der Waals surface area contributed by atoms with Gasteiger partial charge in [0.25, 0.3) is 5.91 Å². The molecule has 0 aliphatic rings. The molecule has 0 unspecified atom stereocenters. The van der Waals surface area contributed by atoms with Gasteiger partial charge in [-0.25, -0.2) is 4.39 Å². The van der Waals surface area contributed by atoms with Crippen LogP contribution >= 0.6 is 39.1 Å². The Kier molecular flexibility index (Phi) is 4.45. The molecule has 2 aromatic rings. The highest BCUT2D eigenvalue weighted by molar-refractivity contribution is 9.10. The van der Waals surface area contributed by atoms with E-state index in [1.807, 2.05) is 0 Å². The highest BCUT2D eigenvalue weighted by atomic mass is 79.9. The van der Waals surface area contributed by atoms with E-state index in [9.17, 15) is 9.18 Å². The largest absolute Gasteiger partial charge is 0.322 e. The Morgan fingerprint density at radius 2 is 1.84 bits per heavy atom. The third-order valence-electron chi connectivity index (χ3n) is 2.36. The molecule has 0 saturated heterocycles. The number of hydrogen-bond donors (Lipinski definition) is 1. The van der Waals surface area contributed by atoms with Crippen molar-refractivity contribution in [3.05, 3.63) is 62.3 Å². The molecule has 0 aromatic heterocycles. The van der Waals surface area contributed by atoms with Crippen LogP contribution in [-0.4, -0.2) is 5.91 Å². The van der Waals surface area contributed by atoms with Crippen LogP contribution < -0.4 is 5.32 Å². The fourth-order valence-corrected chi connectivity index (χ4v) is 2.09. The summed E-state index contributed by atoms with van der Waals surface area (Å²) in [5.41, 5.74) is 0.846. The van der Waals surface area contributed by atoms with E-state index in [1.54, 1.807) is 12.1 Å². The lowest BCUT2D eigenvalue weighted by Gasteiger charge is -2.07. The second-order valence-electron chi connectivity index (χ2n) is 3.71. The maximum absolute atomic E-state index is 13.1. The molecule has 0 spiro atoms. The predicted molar refractivity (Wildman–Crippen MR) is 78.5 cm³/mol. The van der Waals surface area contributed by atoms with Gasteiger partial charge in [-0.05, 0) is 52.3 Å². The van der Waals surface area contributed by atoms with E-state index < -0.39 is 5.82 Å². The summed E-state index contributed by atoms with van der Waals surface area (Å²) in [5.74, 6) is -0.746. The molecule has 0 saturated carbocycles. The van der Waals surface area contributed by atoms with Gasteiger partial charge in [-0.1, -0.05) is 23.2 Å². The summed E-state index contributed by atoms with van der Waals surface area (Å²) >= 11 is 14.7. The Labute approximate surface area is 127 Å². The highest BCUT2D eigenvalue weighted by Crippen LogP contribution is 2.24. The molecular formula is C13H7BrCl2FNO. The van der Waals surface area contributed by atoms with Crippen LogP contribution in [0.2, 0.25) is 10.0 Å². The Hall–Kier alpha value is -1.10. The molecule has 98 valence electrons. The maximum Gasteiger partial charge on any atom is 0.255 e. The molecule has 0 bridgehead atoms. The second kappa shape index (κ2) is 5.90. The van der Waals surface area contributed by atoms with Crippen LogP contribution in [0.25, 0.3) is 0 Å². The number of halogens is 4. The molecule has 1 amide bonds. The minimum atomic E-state index is -0.396. The molecule has 0 atom stereocenters. The van der Waals surface area contributed by atoms with E-state index >= 15 is 0 Å². The average Bonchev–Trinajstić information content (AvgIpc) is 2.37. The highest BCUT2D eigenvalue weighted by Gasteiger charge is 2.09. The Morgan fingerprint density at radius 3 is 2.47 bits per heavy atom. The molecule has 0 aliphatic carbocycles. The molecule has 2 rings (SSSR count). The third kappa shape index (κ3) is 3.47. The SMILES string of the molecule is O=C(Nc1ccc(F)c(Br)c1)c1ccc(Cl)c(Cl)c1. The van der Waals surface area contributed by atoms with Gasteiger partial charge < -0.3 is 5.32 Å². The van der Waals surface area contributed by atoms with Gasteiger partial charge in [0.15, 0.2) is 0 Å². The summed E-state index contributed by atoms with van der Waals surface area (Å²) in [7, 11) is 0. The number of anilines is 1. The number of amides is 1. The van der Waals surface area contributed by atoms with Gasteiger partial charge in [0, 0.05) is 11.3 Å². The molecule has 0 aliphatic heterocycles. The van der Waals surface area contributed by atoms with Crippen molar-refractivity contribution in [3.63, 3.8) is 0 Å². The number of nitrogens with one attached hydrogen (secondary N) is 1. The Morgan fingerprint density at radius 1 is 1.11 bits per heavy atom. The molecule has 19 heavy (non-hydrogen) atoms. The van der Waals surface area contributed by atoms with Crippen molar-refractivity contribution in [2.24, 2.45) is 0 Å². The quantitative estimate of drug-likeness (QED) is 0.786. The summed E-state index contributed by atoms with van der Waals surface area (Å²) in [6.45, 7) is 0. The minimum Gasteiger partial charge on any atom is -0.322 e. The van der Waals surface area contributed by atoms with Crippen molar-refractivity contribution in [1.29, 1.82) is 0 Å². The van der Waals surface area contributed by atoms with Crippen molar-refractivity contribution in [1.82, 2.24) is 0 Å². The molecule has 1 N–H and O–H groups in total. The van der Waals surface area contributed by atoms with E-state index in [1.165, 1.54) is 24.3 Å². The van der Waals surface area contributed by atoms with Crippen molar-refractivity contribution >= 4 is 50.7 Å². The van der Waals surface area contributed by atoms with Crippen LogP contribution in [0.4, 0.5) is 10.1 Å². The lowest BCUT2D eigenvalue weighted by Crippen LogP contribution is -2.11. The van der Waals surface area contributed by atoms with Crippen LogP contribution in [0, 0.1) is 5.82 Å². The number of rotatable bonds is 2. The second-order valence-corrected chi connectivity index (χ2v) is 5.38. The molecule has 0 heterocycles. The van der Waals surface area contributed by atoms with Crippen molar-refractivity contribution < 1.29 is 9.18 Å². The van der Waals surface area contributed by atoms with Crippen LogP contribution in [0.1, 0.15) is 10.4 Å². The first kappa shape index (κ1) is 14.3. The summed E-state index contributed by atoms with van der Waals surface area (Å²) in [5, 5.41) is 3.31. The Balaban J connectivity index is 2.20. The van der Waals surface area contributed by atoms with Gasteiger partial charge in [-0.2, -0.15) is 0 Å². The first-order valence-corrected chi connectivity index (χ1v) is 6.74. The Bertz CT molecular complexity index is 649. The minimum absolute atomic E-state index is 0.277. The lowest BCUT2D eigenvalue weighted by molar-refractivity contribution is 0.102. The van der Waals surface area contributed by atoms with Gasteiger partial charge >= 0.3 is 0 Å². The number of carbonyl (C=O) groups excluding carboxylic acids is 1. The smallest absolute Gasteiger partial charge is 0.255 e. The van der Waals surface area contributed by atoms with Crippen molar-refractivity contribution in [3.8, 4) is 0 Å². The molecular weight excluding hydrogens is 356 g/mol. The molecule has 2 nitrogen and oxygen atoms in total. The van der Waals surface area contributed by atoms with Gasteiger partial charge in [-0.3, -0.25) is 4.79 Å². The van der Waals surface area contributed by atoms with Crippen molar-refractivity contribution in [2.45, 2.75) is 0 Å². The summed E-state index contributed by atoms with van der Waals surface area (Å²) < 4.78 is 13.3. The average molecular weight is 363 g/mol. The number of benzene rings is 2. The van der Waals surface area contributed by atoms with E-state index in [0.717, 1.165) is 0 Å². The maximum atomic E-state index is 13.1. The zero-order valence-electron chi connectivity index (χ0n) is 9.38. The van der Waals surface area contributed by atoms with E-state index in [4.69, 9.17) is 23.2 Å². The van der Waals surface area contributed by atoms with Gasteiger partial charge in [-0.15, -0.1) is 0 Å². The number of hydrogen-bond acceptors (Lipinski definition) is 1. The predicted octanol–water partition coefficient (Wildman–Crippen LogP) is 5.15. The fourth-order valence-electron chi connectivity index (χ4n) is 1.41. The topological polar surface area (TPSA) is 29.1 Å². The van der Waals surface area contributed by atoms with E-state index in [0.29, 0.717) is 21.3 Å². The van der Waals surface area contributed by atoms with Gasteiger partial charge in [0.05, 0.1) is 14.5 Å². The van der Waals surface area contributed by atoms with Gasteiger partial charge in [0.1, 0.15) is 5.82 Å². The molecule has 0 fully saturated rings. The summed E-state index contributed by atoms with van der Waals surface area (Å²) in [4.78, 5) is 12.0. The summed E-state index contributed by atoms with van der Waals surface area (Å²) in [6.07, 6.45) is 0. The zero-order valence-corrected chi connectivity index (χ0v) is 12.5. The zero-order chi connectivity index (χ0) is 14.0. The first-order chi connectivity index (χ1) is 8.97. The normalized spacial score (nSPS) is 10.3. The molecule has 2 aromatic carbocycles. The molecule has 0 radical (unpaired) electrons. The fraction of sp³-hybridized carbons (Fsp3) is 0. The van der Waals surface area contributed by atoms with E-state index in [2.05, 4.69) is 21.2 Å². The standard InChI is InChI=1S/C13H7BrCl2FNO/c14-9-6-8(2-4-12(9)17)18-13(19)7-1-3-10(15)11(16)5-7/h1-6H,(H,18,19). The third-order valence-corrected chi connectivity index (χ3v) is 3.71. The number of carbonyl (C=O) groups is 1. The van der Waals surface area contributed by atoms with Crippen LogP contribution in [0.15, 0.2) is 40.9 Å². The van der Waals surface area contributed by atoms with E-state index in [-0.39, 0.29) is 10.4 Å². The van der Waals surface area contributed by atoms with Crippen LogP contribution in [0.3, 0.4) is 0 Å². The first-order valence-electron chi connectivity index (χ1n) is 5.19. The monoisotopic (exact) mass is 361 g/mol. The van der Waals surface area contributed by atoms with Crippen LogP contribution in [0.5, 0.6) is 0 Å². The molecule has 6 heteroatoms. The van der Waals surface area contributed by atoms with Crippen molar-refractivity contribution in [2.75, 3.05) is 5.32 Å².